The van der Waals surface area contributed by atoms with E-state index in [2.05, 4.69) is 10.3 Å². The van der Waals surface area contributed by atoms with E-state index < -0.39 is 18.1 Å². The van der Waals surface area contributed by atoms with Gasteiger partial charge in [0.2, 0.25) is 0 Å². The van der Waals surface area contributed by atoms with E-state index >= 15 is 0 Å². The highest BCUT2D eigenvalue weighted by Gasteiger charge is 2.28. The van der Waals surface area contributed by atoms with E-state index in [4.69, 9.17) is 9.47 Å². The van der Waals surface area contributed by atoms with Crippen molar-refractivity contribution in [3.63, 3.8) is 0 Å². The van der Waals surface area contributed by atoms with Crippen molar-refractivity contribution in [1.29, 1.82) is 0 Å². The predicted octanol–water partition coefficient (Wildman–Crippen LogP) is 4.89. The fraction of sp³-hybridized carbons (Fsp3) is 0.185. The van der Waals surface area contributed by atoms with Gasteiger partial charge in [-0.3, -0.25) is 0 Å². The number of benzene rings is 3. The molecule has 1 heterocycles. The number of ether oxygens (including phenoxy) is 2. The monoisotopic (exact) mass is 442 g/mol. The van der Waals surface area contributed by atoms with E-state index in [1.54, 1.807) is 6.92 Å². The Hall–Kier alpha value is -3.90. The normalized spacial score (nSPS) is 12.7. The van der Waals surface area contributed by atoms with Crippen molar-refractivity contribution in [2.45, 2.75) is 25.7 Å². The first kappa shape index (κ1) is 22.3. The van der Waals surface area contributed by atoms with Crippen LogP contribution in [0.3, 0.4) is 0 Å². The van der Waals surface area contributed by atoms with Gasteiger partial charge in [0.15, 0.2) is 6.10 Å². The lowest BCUT2D eigenvalue weighted by Gasteiger charge is -2.24. The molecular formula is C27H26N2O4. The number of anilines is 1. The highest BCUT2D eigenvalue weighted by atomic mass is 16.5. The van der Waals surface area contributed by atoms with Gasteiger partial charge in [-0.2, -0.15) is 0 Å². The van der Waals surface area contributed by atoms with Gasteiger partial charge in [-0.05, 0) is 48.9 Å². The van der Waals surface area contributed by atoms with Crippen LogP contribution in [0.1, 0.15) is 24.2 Å². The summed E-state index contributed by atoms with van der Waals surface area (Å²) in [6, 6.07) is 28.0. The Balaban J connectivity index is 1.43. The molecule has 0 aliphatic rings. The average molecular weight is 443 g/mol. The first-order valence-electron chi connectivity index (χ1n) is 10.9. The second-order valence-corrected chi connectivity index (χ2v) is 7.54. The molecule has 4 aromatic rings. The Morgan fingerprint density at radius 2 is 1.67 bits per heavy atom. The molecule has 0 saturated carbocycles. The Morgan fingerprint density at radius 1 is 0.939 bits per heavy atom. The quantitative estimate of drug-likeness (QED) is 0.359. The molecule has 2 atom stereocenters. The zero-order chi connectivity index (χ0) is 23.0. The van der Waals surface area contributed by atoms with E-state index in [0.717, 1.165) is 27.8 Å². The molecule has 6 heteroatoms. The number of nitrogens with zero attached hydrogens (tertiary/aromatic N) is 1. The minimum atomic E-state index is -1.35. The molecule has 0 bridgehead atoms. The molecule has 0 spiro atoms. The maximum atomic E-state index is 12.2. The summed E-state index contributed by atoms with van der Waals surface area (Å²) in [5, 5.41) is 14.9. The van der Waals surface area contributed by atoms with E-state index in [1.807, 2.05) is 91.0 Å². The van der Waals surface area contributed by atoms with Gasteiger partial charge >= 0.3 is 5.97 Å². The number of carbonyl (C=O) groups excluding carboxylic acids is 1. The number of carbonyl (C=O) groups is 1. The number of hydrogen-bond acceptors (Lipinski definition) is 6. The topological polar surface area (TPSA) is 80.7 Å². The van der Waals surface area contributed by atoms with Gasteiger partial charge in [0.25, 0.3) is 0 Å². The van der Waals surface area contributed by atoms with Gasteiger partial charge in [0, 0.05) is 11.1 Å². The molecule has 4 rings (SSSR count). The summed E-state index contributed by atoms with van der Waals surface area (Å²) in [7, 11) is 0. The number of nitrogens with one attached hydrogen (secondary N) is 1. The van der Waals surface area contributed by atoms with Crippen LogP contribution in [0.25, 0.3) is 10.9 Å². The van der Waals surface area contributed by atoms with Crippen molar-refractivity contribution in [2.24, 2.45) is 0 Å². The molecule has 6 nitrogen and oxygen atoms in total. The summed E-state index contributed by atoms with van der Waals surface area (Å²) in [5.74, 6) is 0.0272. The summed E-state index contributed by atoms with van der Waals surface area (Å²) in [4.78, 5) is 16.8. The molecule has 0 aliphatic carbocycles. The minimum Gasteiger partial charge on any atom is -0.487 e. The van der Waals surface area contributed by atoms with Crippen molar-refractivity contribution in [3.05, 3.63) is 102 Å². The predicted molar refractivity (Wildman–Crippen MR) is 128 cm³/mol. The summed E-state index contributed by atoms with van der Waals surface area (Å²) >= 11 is 0. The molecule has 0 amide bonds. The van der Waals surface area contributed by atoms with Crippen molar-refractivity contribution in [3.8, 4) is 5.75 Å². The van der Waals surface area contributed by atoms with Crippen LogP contribution in [0.15, 0.2) is 91.0 Å². The molecule has 33 heavy (non-hydrogen) atoms. The molecule has 1 aromatic heterocycles. The molecular weight excluding hydrogens is 416 g/mol. The second-order valence-electron chi connectivity index (χ2n) is 7.54. The van der Waals surface area contributed by atoms with E-state index in [0.29, 0.717) is 12.4 Å². The molecule has 3 aromatic carbocycles. The third kappa shape index (κ3) is 5.67. The minimum absolute atomic E-state index is 0.204. The van der Waals surface area contributed by atoms with Crippen LogP contribution in [-0.2, 0) is 16.1 Å². The SMILES string of the molecule is CCOC(=O)[C@@H](O)[C@@H](Nc1ccc(OCc2ccc3ccccc3n2)cc1)c1ccccc1. The number of aromatic nitrogens is 1. The third-order valence-electron chi connectivity index (χ3n) is 5.22. The highest BCUT2D eigenvalue weighted by molar-refractivity contribution is 5.78. The van der Waals surface area contributed by atoms with Crippen LogP contribution >= 0.6 is 0 Å². The van der Waals surface area contributed by atoms with Gasteiger partial charge in [-0.1, -0.05) is 54.6 Å². The number of hydrogen-bond donors (Lipinski definition) is 2. The summed E-state index contributed by atoms with van der Waals surface area (Å²) in [6.45, 7) is 2.27. The van der Waals surface area contributed by atoms with Gasteiger partial charge in [0.05, 0.1) is 23.9 Å². The molecule has 0 saturated heterocycles. The van der Waals surface area contributed by atoms with Crippen molar-refractivity contribution < 1.29 is 19.4 Å². The van der Waals surface area contributed by atoms with Crippen LogP contribution in [0.4, 0.5) is 5.69 Å². The van der Waals surface area contributed by atoms with Crippen molar-refractivity contribution in [1.82, 2.24) is 4.98 Å². The fourth-order valence-corrected chi connectivity index (χ4v) is 3.54. The van der Waals surface area contributed by atoms with E-state index in [-0.39, 0.29) is 6.61 Å². The third-order valence-corrected chi connectivity index (χ3v) is 5.22. The molecule has 0 fully saturated rings. The van der Waals surface area contributed by atoms with E-state index in [9.17, 15) is 9.90 Å². The Bertz CT molecular complexity index is 1200. The first-order chi connectivity index (χ1) is 16.1. The van der Waals surface area contributed by atoms with Gasteiger partial charge < -0.3 is 19.9 Å². The molecule has 168 valence electrons. The Kier molecular flexibility index (Phi) is 7.17. The molecule has 0 aliphatic heterocycles. The number of aliphatic hydroxyl groups is 1. The van der Waals surface area contributed by atoms with Crippen LogP contribution in [0, 0.1) is 0 Å². The van der Waals surface area contributed by atoms with Crippen LogP contribution in [0.5, 0.6) is 5.75 Å². The molecule has 0 radical (unpaired) electrons. The fourth-order valence-electron chi connectivity index (χ4n) is 3.54. The lowest BCUT2D eigenvalue weighted by atomic mass is 10.0. The summed E-state index contributed by atoms with van der Waals surface area (Å²) < 4.78 is 10.9. The van der Waals surface area contributed by atoms with Crippen LogP contribution < -0.4 is 10.1 Å². The zero-order valence-electron chi connectivity index (χ0n) is 18.3. The Morgan fingerprint density at radius 3 is 2.42 bits per heavy atom. The van der Waals surface area contributed by atoms with E-state index in [1.165, 1.54) is 0 Å². The average Bonchev–Trinajstić information content (AvgIpc) is 2.87. The molecule has 2 N–H and O–H groups in total. The largest absolute Gasteiger partial charge is 0.487 e. The van der Waals surface area contributed by atoms with Gasteiger partial charge in [-0.25, -0.2) is 9.78 Å². The standard InChI is InChI=1S/C27H26N2O4/c1-2-32-27(31)26(30)25(20-9-4-3-5-10-20)29-21-14-16-23(17-15-21)33-18-22-13-12-19-8-6-7-11-24(19)28-22/h3-17,25-26,29-30H,2,18H2,1H3/t25-,26-/m0/s1. The lowest BCUT2D eigenvalue weighted by Crippen LogP contribution is -2.34. The van der Waals surface area contributed by atoms with Crippen LogP contribution in [-0.4, -0.2) is 28.8 Å². The summed E-state index contributed by atoms with van der Waals surface area (Å²) in [5.41, 5.74) is 3.30. The maximum absolute atomic E-state index is 12.2. The number of pyridine rings is 1. The lowest BCUT2D eigenvalue weighted by molar-refractivity contribution is -0.153. The van der Waals surface area contributed by atoms with Gasteiger partial charge in [-0.15, -0.1) is 0 Å². The first-order valence-corrected chi connectivity index (χ1v) is 10.9. The zero-order valence-corrected chi connectivity index (χ0v) is 18.3. The number of fused-ring (bicyclic) bond motifs is 1. The van der Waals surface area contributed by atoms with Crippen LogP contribution in [0.2, 0.25) is 0 Å². The summed E-state index contributed by atoms with van der Waals surface area (Å²) in [6.07, 6.45) is -1.35. The van der Waals surface area contributed by atoms with Crippen molar-refractivity contribution >= 4 is 22.6 Å². The highest BCUT2D eigenvalue weighted by Crippen LogP contribution is 2.25. The van der Waals surface area contributed by atoms with Crippen molar-refractivity contribution in [2.75, 3.05) is 11.9 Å². The number of esters is 1. The van der Waals surface area contributed by atoms with Gasteiger partial charge in [0.1, 0.15) is 12.4 Å². The number of rotatable bonds is 9. The molecule has 0 unspecified atom stereocenters. The maximum Gasteiger partial charge on any atom is 0.337 e. The smallest absolute Gasteiger partial charge is 0.337 e. The Labute approximate surface area is 192 Å². The number of para-hydroxylation sites is 1. The number of aliphatic hydroxyl groups excluding tert-OH is 1. The second kappa shape index (κ2) is 10.6.